The molecule has 74 valence electrons. The first kappa shape index (κ1) is 9.00. The fourth-order valence-electron chi connectivity index (χ4n) is 3.55. The molecule has 0 spiro atoms. The molecule has 0 saturated heterocycles. The predicted molar refractivity (Wildman–Crippen MR) is 49.2 cm³/mol. The average Bonchev–Trinajstić information content (AvgIpc) is 2.55. The van der Waals surface area contributed by atoms with Gasteiger partial charge in [-0.3, -0.25) is 4.79 Å². The van der Waals surface area contributed by atoms with Crippen LogP contribution in [0.5, 0.6) is 0 Å². The molecule has 0 aromatic carbocycles. The third-order valence-corrected chi connectivity index (χ3v) is 4.99. The molecule has 3 N–H and O–H groups in total. The quantitative estimate of drug-likeness (QED) is 0.676. The highest BCUT2D eigenvalue weighted by Crippen LogP contribution is 2.77. The number of carboxylic acid groups (broad SMARTS) is 1. The zero-order valence-electron chi connectivity index (χ0n) is 8.26. The third-order valence-electron chi connectivity index (χ3n) is 4.99. The number of rotatable bonds is 2. The second kappa shape index (κ2) is 2.08. The Labute approximate surface area is 78.3 Å². The highest BCUT2D eigenvalue weighted by Gasteiger charge is 2.76. The fraction of sp³-hybridized carbons (Fsp3) is 0.900. The Morgan fingerprint density at radius 1 is 1.46 bits per heavy atom. The van der Waals surface area contributed by atoms with Crippen molar-refractivity contribution in [2.24, 2.45) is 22.0 Å². The SMILES string of the molecule is CC1(C)C2(CN)CCC1(C(=O)O)C2. The maximum absolute atomic E-state index is 11.2. The van der Waals surface area contributed by atoms with Gasteiger partial charge in [0.25, 0.3) is 0 Å². The normalized spacial score (nSPS) is 45.8. The summed E-state index contributed by atoms with van der Waals surface area (Å²) >= 11 is 0. The summed E-state index contributed by atoms with van der Waals surface area (Å²) in [5.41, 5.74) is 5.29. The molecule has 3 aliphatic rings. The van der Waals surface area contributed by atoms with E-state index in [9.17, 15) is 9.90 Å². The van der Waals surface area contributed by atoms with Crippen molar-refractivity contribution in [2.45, 2.75) is 33.1 Å². The maximum Gasteiger partial charge on any atom is 0.310 e. The number of hydrogen-bond acceptors (Lipinski definition) is 2. The molecule has 0 amide bonds. The van der Waals surface area contributed by atoms with Crippen molar-refractivity contribution in [3.8, 4) is 0 Å². The summed E-state index contributed by atoms with van der Waals surface area (Å²) < 4.78 is 0. The van der Waals surface area contributed by atoms with Crippen LogP contribution in [-0.2, 0) is 4.79 Å². The van der Waals surface area contributed by atoms with Crippen LogP contribution < -0.4 is 5.73 Å². The van der Waals surface area contributed by atoms with E-state index in [2.05, 4.69) is 13.8 Å². The van der Waals surface area contributed by atoms with Crippen LogP contribution in [0.25, 0.3) is 0 Å². The smallest absolute Gasteiger partial charge is 0.310 e. The first-order valence-electron chi connectivity index (χ1n) is 4.85. The Morgan fingerprint density at radius 2 is 2.08 bits per heavy atom. The Hall–Kier alpha value is -0.570. The van der Waals surface area contributed by atoms with Crippen molar-refractivity contribution in [2.75, 3.05) is 6.54 Å². The highest BCUT2D eigenvalue weighted by atomic mass is 16.4. The summed E-state index contributed by atoms with van der Waals surface area (Å²) in [7, 11) is 0. The third kappa shape index (κ3) is 0.654. The molecular weight excluding hydrogens is 166 g/mol. The van der Waals surface area contributed by atoms with Gasteiger partial charge in [-0.15, -0.1) is 0 Å². The van der Waals surface area contributed by atoms with Gasteiger partial charge in [-0.1, -0.05) is 13.8 Å². The van der Waals surface area contributed by atoms with Crippen LogP contribution in [0.2, 0.25) is 0 Å². The summed E-state index contributed by atoms with van der Waals surface area (Å²) in [5, 5.41) is 9.22. The summed E-state index contributed by atoms with van der Waals surface area (Å²) in [4.78, 5) is 11.2. The number of carboxylic acids is 1. The van der Waals surface area contributed by atoms with Crippen LogP contribution in [0, 0.1) is 16.2 Å². The number of aliphatic carboxylic acids is 1. The van der Waals surface area contributed by atoms with Gasteiger partial charge in [0, 0.05) is 0 Å². The fourth-order valence-corrected chi connectivity index (χ4v) is 3.55. The number of nitrogens with two attached hydrogens (primary N) is 1. The molecule has 3 saturated carbocycles. The molecule has 0 aromatic rings. The molecule has 3 rings (SSSR count). The molecule has 3 fully saturated rings. The van der Waals surface area contributed by atoms with Gasteiger partial charge < -0.3 is 10.8 Å². The van der Waals surface area contributed by atoms with Crippen LogP contribution in [0.4, 0.5) is 0 Å². The minimum atomic E-state index is -0.626. The van der Waals surface area contributed by atoms with Gasteiger partial charge in [-0.05, 0) is 36.6 Å². The number of carbonyl (C=O) groups is 1. The average molecular weight is 183 g/mol. The second-order valence-electron chi connectivity index (χ2n) is 5.17. The first-order chi connectivity index (χ1) is 5.92. The van der Waals surface area contributed by atoms with Crippen LogP contribution >= 0.6 is 0 Å². The van der Waals surface area contributed by atoms with Crippen molar-refractivity contribution >= 4 is 5.97 Å². The van der Waals surface area contributed by atoms with Crippen LogP contribution in [0.1, 0.15) is 33.1 Å². The Bertz CT molecular complexity index is 274. The Morgan fingerprint density at radius 3 is 2.31 bits per heavy atom. The molecule has 2 atom stereocenters. The van der Waals surface area contributed by atoms with E-state index in [-0.39, 0.29) is 10.8 Å². The number of fused-ring (bicyclic) bond motifs is 1. The molecule has 0 aliphatic heterocycles. The predicted octanol–water partition coefficient (Wildman–Crippen LogP) is 1.23. The summed E-state index contributed by atoms with van der Waals surface area (Å²) in [6.45, 7) is 4.75. The van der Waals surface area contributed by atoms with E-state index < -0.39 is 11.4 Å². The molecule has 3 aliphatic carbocycles. The van der Waals surface area contributed by atoms with Gasteiger partial charge in [0.05, 0.1) is 5.41 Å². The van der Waals surface area contributed by atoms with E-state index in [1.54, 1.807) is 0 Å². The van der Waals surface area contributed by atoms with E-state index in [1.807, 2.05) is 0 Å². The van der Waals surface area contributed by atoms with Gasteiger partial charge in [-0.25, -0.2) is 0 Å². The van der Waals surface area contributed by atoms with Crippen LogP contribution in [0.15, 0.2) is 0 Å². The topological polar surface area (TPSA) is 63.3 Å². The molecular formula is C10H17NO2. The van der Waals surface area contributed by atoms with E-state index in [0.717, 1.165) is 19.3 Å². The van der Waals surface area contributed by atoms with E-state index >= 15 is 0 Å². The largest absolute Gasteiger partial charge is 0.481 e. The van der Waals surface area contributed by atoms with E-state index in [1.165, 1.54) is 0 Å². The van der Waals surface area contributed by atoms with Gasteiger partial charge in [0.1, 0.15) is 0 Å². The lowest BCUT2D eigenvalue weighted by Gasteiger charge is -2.60. The molecule has 0 heterocycles. The zero-order valence-corrected chi connectivity index (χ0v) is 8.26. The minimum Gasteiger partial charge on any atom is -0.481 e. The first-order valence-corrected chi connectivity index (χ1v) is 4.85. The summed E-state index contributed by atoms with van der Waals surface area (Å²) in [6.07, 6.45) is 2.59. The van der Waals surface area contributed by atoms with Crippen molar-refractivity contribution in [1.82, 2.24) is 0 Å². The molecule has 0 aromatic heterocycles. The molecule has 13 heavy (non-hydrogen) atoms. The molecule has 0 radical (unpaired) electrons. The van der Waals surface area contributed by atoms with Gasteiger partial charge in [-0.2, -0.15) is 0 Å². The van der Waals surface area contributed by atoms with Crippen molar-refractivity contribution < 1.29 is 9.90 Å². The molecule has 3 nitrogen and oxygen atoms in total. The van der Waals surface area contributed by atoms with Crippen molar-refractivity contribution in [1.29, 1.82) is 0 Å². The molecule has 2 bridgehead atoms. The Kier molecular flexibility index (Phi) is 1.44. The number of hydrogen-bond donors (Lipinski definition) is 2. The zero-order chi connectivity index (χ0) is 9.91. The lowest BCUT2D eigenvalue weighted by atomic mass is 9.43. The summed E-state index contributed by atoms with van der Waals surface area (Å²) in [6, 6.07) is 0. The minimum absolute atomic E-state index is 0.111. The van der Waals surface area contributed by atoms with E-state index in [0.29, 0.717) is 6.54 Å². The maximum atomic E-state index is 11.2. The highest BCUT2D eigenvalue weighted by molar-refractivity contribution is 5.79. The molecule has 2 unspecified atom stereocenters. The van der Waals surface area contributed by atoms with Gasteiger partial charge >= 0.3 is 5.97 Å². The van der Waals surface area contributed by atoms with E-state index in [4.69, 9.17) is 5.73 Å². The lowest BCUT2D eigenvalue weighted by Crippen LogP contribution is -2.62. The lowest BCUT2D eigenvalue weighted by molar-refractivity contribution is -0.185. The van der Waals surface area contributed by atoms with Crippen molar-refractivity contribution in [3.63, 3.8) is 0 Å². The Balaban J connectivity index is 2.38. The standard InChI is InChI=1S/C10H17NO2/c1-8(2)9(6-11)3-4-10(8,5-9)7(12)13/h3-6,11H2,1-2H3,(H,12,13). The van der Waals surface area contributed by atoms with Gasteiger partial charge in [0.15, 0.2) is 0 Å². The summed E-state index contributed by atoms with van der Waals surface area (Å²) in [5.74, 6) is -0.626. The van der Waals surface area contributed by atoms with Crippen LogP contribution in [0.3, 0.4) is 0 Å². The van der Waals surface area contributed by atoms with Crippen molar-refractivity contribution in [3.05, 3.63) is 0 Å². The monoisotopic (exact) mass is 183 g/mol. The second-order valence-corrected chi connectivity index (χ2v) is 5.17. The van der Waals surface area contributed by atoms with Crippen LogP contribution in [-0.4, -0.2) is 17.6 Å². The molecule has 3 heteroatoms. The van der Waals surface area contributed by atoms with Gasteiger partial charge in [0.2, 0.25) is 0 Å².